The summed E-state index contributed by atoms with van der Waals surface area (Å²) in [5, 5.41) is 4.87. The summed E-state index contributed by atoms with van der Waals surface area (Å²) in [6, 6.07) is 8.63. The summed E-state index contributed by atoms with van der Waals surface area (Å²) >= 11 is 3.54. The third-order valence-electron chi connectivity index (χ3n) is 3.20. The van der Waals surface area contributed by atoms with E-state index >= 15 is 0 Å². The van der Waals surface area contributed by atoms with Crippen molar-refractivity contribution in [1.82, 2.24) is 0 Å². The van der Waals surface area contributed by atoms with E-state index in [1.165, 1.54) is 27.1 Å². The minimum absolute atomic E-state index is 1.12. The normalized spacial score (nSPS) is 13.0. The molecule has 2 rings (SSSR count). The Balaban J connectivity index is 3.12. The van der Waals surface area contributed by atoms with Crippen LogP contribution in [0.4, 0.5) is 0 Å². The molecular weight excluding hydrogens is 260 g/mol. The van der Waals surface area contributed by atoms with Crippen LogP contribution in [-0.2, 0) is 0 Å². The van der Waals surface area contributed by atoms with E-state index < -0.39 is 0 Å². The zero-order chi connectivity index (χ0) is 11.9. The van der Waals surface area contributed by atoms with E-state index in [1.807, 2.05) is 0 Å². The summed E-state index contributed by atoms with van der Waals surface area (Å²) in [7, 11) is 0. The number of benzene rings is 2. The molecule has 0 aliphatic carbocycles. The highest BCUT2D eigenvalue weighted by Crippen LogP contribution is 2.17. The lowest BCUT2D eigenvalue weighted by Gasteiger charge is -2.07. The minimum atomic E-state index is 1.12. The van der Waals surface area contributed by atoms with Crippen LogP contribution in [0.15, 0.2) is 24.3 Å². The van der Waals surface area contributed by atoms with Gasteiger partial charge in [0.05, 0.1) is 0 Å². The van der Waals surface area contributed by atoms with Gasteiger partial charge >= 0.3 is 0 Å². The summed E-state index contributed by atoms with van der Waals surface area (Å²) in [4.78, 5) is 0. The third-order valence-corrected chi connectivity index (χ3v) is 3.62. The Morgan fingerprint density at radius 1 is 1.12 bits per heavy atom. The van der Waals surface area contributed by atoms with Gasteiger partial charge in [-0.05, 0) is 57.6 Å². The van der Waals surface area contributed by atoms with Crippen molar-refractivity contribution in [2.24, 2.45) is 0 Å². The largest absolute Gasteiger partial charge is 0.0905 e. The molecular formula is C15H15Br. The van der Waals surface area contributed by atoms with Crippen LogP contribution in [0.1, 0.15) is 18.1 Å². The maximum atomic E-state index is 4.22. The Kier molecular flexibility index (Phi) is 2.90. The fraction of sp³-hybridized carbons (Fsp3) is 0.200. The quantitative estimate of drug-likeness (QED) is 0.691. The fourth-order valence-electron chi connectivity index (χ4n) is 2.11. The highest BCUT2D eigenvalue weighted by atomic mass is 79.9. The van der Waals surface area contributed by atoms with Gasteiger partial charge < -0.3 is 0 Å². The Morgan fingerprint density at radius 3 is 2.38 bits per heavy atom. The van der Waals surface area contributed by atoms with Crippen molar-refractivity contribution in [3.8, 4) is 0 Å². The molecule has 0 atom stereocenters. The summed E-state index contributed by atoms with van der Waals surface area (Å²) < 4.78 is 1.14. The number of rotatable bonds is 0. The summed E-state index contributed by atoms with van der Waals surface area (Å²) in [6.07, 6.45) is 0. The van der Waals surface area contributed by atoms with E-state index in [1.54, 1.807) is 0 Å². The van der Waals surface area contributed by atoms with Gasteiger partial charge in [-0.25, -0.2) is 0 Å². The van der Waals surface area contributed by atoms with E-state index in [9.17, 15) is 0 Å². The highest BCUT2D eigenvalue weighted by Gasteiger charge is 2.02. The second-order valence-electron chi connectivity index (χ2n) is 4.23. The predicted octanol–water partition coefficient (Wildman–Crippen LogP) is 3.39. The summed E-state index contributed by atoms with van der Waals surface area (Å²) in [6.45, 7) is 10.6. The van der Waals surface area contributed by atoms with Gasteiger partial charge in [0, 0.05) is 0 Å². The zero-order valence-electron chi connectivity index (χ0n) is 9.89. The van der Waals surface area contributed by atoms with Crippen molar-refractivity contribution in [2.75, 3.05) is 0 Å². The van der Waals surface area contributed by atoms with Crippen LogP contribution in [0.2, 0.25) is 0 Å². The van der Waals surface area contributed by atoms with E-state index in [0.29, 0.717) is 0 Å². The van der Waals surface area contributed by atoms with Crippen molar-refractivity contribution < 1.29 is 0 Å². The van der Waals surface area contributed by atoms with Crippen LogP contribution in [0.5, 0.6) is 0 Å². The van der Waals surface area contributed by atoms with Gasteiger partial charge in [0.15, 0.2) is 0 Å². The van der Waals surface area contributed by atoms with Crippen LogP contribution < -0.4 is 10.4 Å². The number of fused-ring (bicyclic) bond motifs is 1. The first-order valence-electron chi connectivity index (χ1n) is 5.36. The Bertz CT molecular complexity index is 662. The van der Waals surface area contributed by atoms with Crippen molar-refractivity contribution in [1.29, 1.82) is 0 Å². The molecule has 1 heteroatoms. The molecule has 16 heavy (non-hydrogen) atoms. The van der Waals surface area contributed by atoms with Gasteiger partial charge in [-0.3, -0.25) is 0 Å². The van der Waals surface area contributed by atoms with Gasteiger partial charge in [0.2, 0.25) is 0 Å². The molecule has 0 fully saturated rings. The van der Waals surface area contributed by atoms with Crippen molar-refractivity contribution in [3.05, 3.63) is 45.8 Å². The molecule has 0 saturated carbocycles. The molecule has 0 unspecified atom stereocenters. The van der Waals surface area contributed by atoms with Gasteiger partial charge in [0.1, 0.15) is 0 Å². The van der Waals surface area contributed by atoms with Crippen LogP contribution in [0.25, 0.3) is 21.8 Å². The molecule has 0 heterocycles. The standard InChI is InChI=1S/C15H15Br/c1-9-5-6-13-7-8-14(12(4)16)11(3)15(13)10(9)2/h5-8H,3H2,1-2,4H3/b14-12+. The predicted molar refractivity (Wildman–Crippen MR) is 76.2 cm³/mol. The van der Waals surface area contributed by atoms with E-state index in [0.717, 1.165) is 9.70 Å². The third kappa shape index (κ3) is 1.69. The van der Waals surface area contributed by atoms with Gasteiger partial charge in [-0.1, -0.05) is 46.8 Å². The van der Waals surface area contributed by atoms with Crippen molar-refractivity contribution in [2.45, 2.75) is 20.8 Å². The molecule has 2 aromatic rings. The molecule has 82 valence electrons. The second-order valence-corrected chi connectivity index (χ2v) is 5.42. The molecule has 0 amide bonds. The molecule has 2 aromatic carbocycles. The van der Waals surface area contributed by atoms with Crippen LogP contribution >= 0.6 is 15.9 Å². The van der Waals surface area contributed by atoms with Crippen LogP contribution in [0, 0.1) is 13.8 Å². The molecule has 0 spiro atoms. The lowest BCUT2D eigenvalue weighted by atomic mass is 9.98. The number of halogens is 1. The highest BCUT2D eigenvalue weighted by molar-refractivity contribution is 9.14. The number of aryl methyl sites for hydroxylation is 2. The van der Waals surface area contributed by atoms with Crippen molar-refractivity contribution >= 4 is 37.8 Å². The van der Waals surface area contributed by atoms with E-state index in [4.69, 9.17) is 0 Å². The first kappa shape index (κ1) is 11.4. The molecule has 0 aromatic heterocycles. The molecule has 0 nitrogen and oxygen atoms in total. The smallest absolute Gasteiger partial charge is 0.000201 e. The first-order chi connectivity index (χ1) is 7.52. The van der Waals surface area contributed by atoms with Crippen LogP contribution in [-0.4, -0.2) is 0 Å². The average molecular weight is 275 g/mol. The van der Waals surface area contributed by atoms with Gasteiger partial charge in [-0.15, -0.1) is 0 Å². The minimum Gasteiger partial charge on any atom is -0.0905 e. The Morgan fingerprint density at radius 2 is 1.75 bits per heavy atom. The molecule has 0 aliphatic rings. The molecule has 0 radical (unpaired) electrons. The monoisotopic (exact) mass is 274 g/mol. The van der Waals surface area contributed by atoms with Crippen LogP contribution in [0.3, 0.4) is 0 Å². The fourth-order valence-corrected chi connectivity index (χ4v) is 2.48. The maximum Gasteiger partial charge on any atom is -0.000201 e. The lowest BCUT2D eigenvalue weighted by molar-refractivity contribution is 1.37. The zero-order valence-corrected chi connectivity index (χ0v) is 11.5. The summed E-state index contributed by atoms with van der Waals surface area (Å²) in [5.41, 5.74) is 2.65. The van der Waals surface area contributed by atoms with Crippen molar-refractivity contribution in [3.63, 3.8) is 0 Å². The lowest BCUT2D eigenvalue weighted by Crippen LogP contribution is -2.25. The molecule has 0 N–H and O–H groups in total. The second kappa shape index (κ2) is 4.06. The number of hydrogen-bond donors (Lipinski definition) is 0. The molecule has 0 aliphatic heterocycles. The topological polar surface area (TPSA) is 0 Å². The summed E-state index contributed by atoms with van der Waals surface area (Å²) in [5.74, 6) is 0. The van der Waals surface area contributed by atoms with Gasteiger partial charge in [0.25, 0.3) is 0 Å². The Hall–Kier alpha value is -1.08. The molecule has 0 bridgehead atoms. The Labute approximate surface area is 104 Å². The van der Waals surface area contributed by atoms with E-state index in [2.05, 4.69) is 67.5 Å². The average Bonchev–Trinajstić information content (AvgIpc) is 2.23. The first-order valence-corrected chi connectivity index (χ1v) is 6.16. The SMILES string of the molecule is C=c1/c(=C(\C)Br)ccc2ccc(C)c(C)c12. The van der Waals surface area contributed by atoms with E-state index in [-0.39, 0.29) is 0 Å². The molecule has 0 saturated heterocycles. The van der Waals surface area contributed by atoms with Gasteiger partial charge in [-0.2, -0.15) is 0 Å². The maximum absolute atomic E-state index is 4.22. The number of hydrogen-bond acceptors (Lipinski definition) is 0.